The lowest BCUT2D eigenvalue weighted by Crippen LogP contribution is -1.94. The molecule has 182 valence electrons. The van der Waals surface area contributed by atoms with Gasteiger partial charge in [-0.1, -0.05) is 78.9 Å². The third-order valence-corrected chi connectivity index (χ3v) is 9.12. The maximum absolute atomic E-state index is 6.06. The van der Waals surface area contributed by atoms with E-state index in [0.717, 1.165) is 21.9 Å². The molecule has 0 saturated heterocycles. The van der Waals surface area contributed by atoms with Crippen LogP contribution in [0, 0.1) is 0 Å². The molecule has 0 bridgehead atoms. The van der Waals surface area contributed by atoms with E-state index in [9.17, 15) is 0 Å². The monoisotopic (exact) mass is 515 g/mol. The first-order valence-electron chi connectivity index (χ1n) is 13.2. The zero-order valence-corrected chi connectivity index (χ0v) is 21.7. The molecule has 3 aromatic heterocycles. The Balaban J connectivity index is 1.28. The number of rotatable bonds is 2. The average Bonchev–Trinajstić information content (AvgIpc) is 3.66. The van der Waals surface area contributed by atoms with Gasteiger partial charge >= 0.3 is 0 Å². The fraction of sp³-hybridized carbons (Fsp3) is 0. The molecule has 3 heterocycles. The Morgan fingerprint density at radius 1 is 0.462 bits per heavy atom. The molecule has 39 heavy (non-hydrogen) atoms. The van der Waals surface area contributed by atoms with Gasteiger partial charge in [-0.3, -0.25) is 0 Å². The van der Waals surface area contributed by atoms with Gasteiger partial charge in [-0.05, 0) is 59.7 Å². The highest BCUT2D eigenvalue weighted by Gasteiger charge is 2.17. The largest absolute Gasteiger partial charge is 0.456 e. The first-order chi connectivity index (χ1) is 19.3. The Kier molecular flexibility index (Phi) is 4.24. The van der Waals surface area contributed by atoms with Crippen LogP contribution in [-0.4, -0.2) is 4.57 Å². The number of fused-ring (bicyclic) bond motifs is 9. The highest BCUT2D eigenvalue weighted by molar-refractivity contribution is 7.26. The molecule has 0 aliphatic carbocycles. The van der Waals surface area contributed by atoms with Crippen molar-refractivity contribution in [3.8, 4) is 16.8 Å². The Morgan fingerprint density at radius 2 is 1.13 bits per heavy atom. The number of furan rings is 1. The Bertz CT molecular complexity index is 2350. The molecule has 2 nitrogen and oxygen atoms in total. The van der Waals surface area contributed by atoms with Crippen LogP contribution in [0.4, 0.5) is 0 Å². The smallest absolute Gasteiger partial charge is 0.135 e. The molecule has 0 aliphatic rings. The first kappa shape index (κ1) is 21.1. The van der Waals surface area contributed by atoms with Gasteiger partial charge in [0.25, 0.3) is 0 Å². The number of aromatic nitrogens is 1. The highest BCUT2D eigenvalue weighted by Crippen LogP contribution is 2.42. The molecule has 9 rings (SSSR count). The Morgan fingerprint density at radius 3 is 1.95 bits per heavy atom. The van der Waals surface area contributed by atoms with Crippen molar-refractivity contribution in [1.29, 1.82) is 0 Å². The van der Waals surface area contributed by atoms with Crippen molar-refractivity contribution < 1.29 is 4.42 Å². The molecule has 0 N–H and O–H groups in total. The third-order valence-electron chi connectivity index (χ3n) is 8.01. The fourth-order valence-electron chi connectivity index (χ4n) is 6.26. The normalized spacial score (nSPS) is 12.1. The molecule has 3 heteroatoms. The van der Waals surface area contributed by atoms with Crippen molar-refractivity contribution in [1.82, 2.24) is 4.57 Å². The van der Waals surface area contributed by atoms with Gasteiger partial charge < -0.3 is 8.98 Å². The number of benzene rings is 6. The summed E-state index contributed by atoms with van der Waals surface area (Å²) in [5.74, 6) is 0. The van der Waals surface area contributed by atoms with Crippen LogP contribution in [0.1, 0.15) is 0 Å². The summed E-state index contributed by atoms with van der Waals surface area (Å²) in [5, 5.41) is 7.50. The summed E-state index contributed by atoms with van der Waals surface area (Å²) in [7, 11) is 0. The minimum absolute atomic E-state index is 0.929. The predicted molar refractivity (Wildman–Crippen MR) is 166 cm³/mol. The quantitative estimate of drug-likeness (QED) is 0.224. The molecule has 6 aromatic carbocycles. The topological polar surface area (TPSA) is 18.1 Å². The summed E-state index contributed by atoms with van der Waals surface area (Å²) >= 11 is 1.87. The zero-order valence-electron chi connectivity index (χ0n) is 20.9. The van der Waals surface area contributed by atoms with Crippen molar-refractivity contribution in [2.24, 2.45) is 0 Å². The zero-order chi connectivity index (χ0) is 25.5. The molecule has 0 fully saturated rings. The van der Waals surface area contributed by atoms with Gasteiger partial charge in [0, 0.05) is 41.7 Å². The van der Waals surface area contributed by atoms with Gasteiger partial charge in [-0.2, -0.15) is 0 Å². The van der Waals surface area contributed by atoms with E-state index in [0.29, 0.717) is 0 Å². The second kappa shape index (κ2) is 7.83. The van der Waals surface area contributed by atoms with Gasteiger partial charge in [-0.25, -0.2) is 0 Å². The van der Waals surface area contributed by atoms with Crippen molar-refractivity contribution in [2.75, 3.05) is 0 Å². The van der Waals surface area contributed by atoms with E-state index in [4.69, 9.17) is 4.42 Å². The van der Waals surface area contributed by atoms with E-state index in [2.05, 4.69) is 120 Å². The lowest BCUT2D eigenvalue weighted by atomic mass is 10.0. The minimum Gasteiger partial charge on any atom is -0.456 e. The van der Waals surface area contributed by atoms with Crippen LogP contribution in [0.25, 0.3) is 80.7 Å². The molecular formula is C36H21NOS. The molecule has 0 unspecified atom stereocenters. The van der Waals surface area contributed by atoms with Crippen LogP contribution in [0.5, 0.6) is 0 Å². The van der Waals surface area contributed by atoms with E-state index in [1.807, 2.05) is 23.5 Å². The van der Waals surface area contributed by atoms with Gasteiger partial charge in [0.2, 0.25) is 0 Å². The average molecular weight is 516 g/mol. The Labute approximate surface area is 227 Å². The number of hydrogen-bond acceptors (Lipinski definition) is 2. The van der Waals surface area contributed by atoms with Gasteiger partial charge in [-0.15, -0.1) is 11.3 Å². The second-order valence-electron chi connectivity index (χ2n) is 10.1. The lowest BCUT2D eigenvalue weighted by Gasteiger charge is -2.10. The van der Waals surface area contributed by atoms with Crippen LogP contribution in [0.3, 0.4) is 0 Å². The summed E-state index contributed by atoms with van der Waals surface area (Å²) in [5.41, 5.74) is 8.00. The SMILES string of the molecule is c1ccc2c(c1)oc1ccc(-c3ccc4c(c3)sc3cccc(-n5c6ccccc6c6ccccc65)c34)cc12. The van der Waals surface area contributed by atoms with Crippen molar-refractivity contribution in [2.45, 2.75) is 0 Å². The summed E-state index contributed by atoms with van der Waals surface area (Å²) < 4.78 is 11.1. The first-order valence-corrected chi connectivity index (χ1v) is 14.0. The number of para-hydroxylation sites is 3. The summed E-state index contributed by atoms with van der Waals surface area (Å²) in [6, 6.07) is 45.9. The summed E-state index contributed by atoms with van der Waals surface area (Å²) in [6.07, 6.45) is 0. The van der Waals surface area contributed by atoms with Crippen LogP contribution in [-0.2, 0) is 0 Å². The van der Waals surface area contributed by atoms with Crippen molar-refractivity contribution in [3.63, 3.8) is 0 Å². The van der Waals surface area contributed by atoms with Gasteiger partial charge in [0.15, 0.2) is 0 Å². The van der Waals surface area contributed by atoms with Crippen molar-refractivity contribution >= 4 is 75.3 Å². The molecule has 0 saturated carbocycles. The van der Waals surface area contributed by atoms with Crippen LogP contribution >= 0.6 is 11.3 Å². The van der Waals surface area contributed by atoms with Gasteiger partial charge in [0.05, 0.1) is 16.7 Å². The molecule has 0 radical (unpaired) electrons. The van der Waals surface area contributed by atoms with Crippen LogP contribution < -0.4 is 0 Å². The van der Waals surface area contributed by atoms with E-state index in [1.165, 1.54) is 58.8 Å². The fourth-order valence-corrected chi connectivity index (χ4v) is 7.43. The maximum atomic E-state index is 6.06. The van der Waals surface area contributed by atoms with E-state index >= 15 is 0 Å². The second-order valence-corrected chi connectivity index (χ2v) is 11.2. The number of nitrogens with zero attached hydrogens (tertiary/aromatic N) is 1. The maximum Gasteiger partial charge on any atom is 0.135 e. The lowest BCUT2D eigenvalue weighted by molar-refractivity contribution is 0.669. The van der Waals surface area contributed by atoms with E-state index in [-0.39, 0.29) is 0 Å². The van der Waals surface area contributed by atoms with Crippen LogP contribution in [0.15, 0.2) is 132 Å². The van der Waals surface area contributed by atoms with E-state index in [1.54, 1.807) is 0 Å². The molecule has 0 amide bonds. The summed E-state index contributed by atoms with van der Waals surface area (Å²) in [6.45, 7) is 0. The molecule has 0 spiro atoms. The molecular weight excluding hydrogens is 494 g/mol. The number of thiophene rings is 1. The molecule has 0 aliphatic heterocycles. The van der Waals surface area contributed by atoms with Crippen LogP contribution in [0.2, 0.25) is 0 Å². The predicted octanol–water partition coefficient (Wildman–Crippen LogP) is 10.7. The van der Waals surface area contributed by atoms with E-state index < -0.39 is 0 Å². The highest BCUT2D eigenvalue weighted by atomic mass is 32.1. The van der Waals surface area contributed by atoms with Gasteiger partial charge in [0.1, 0.15) is 11.2 Å². The standard InChI is InChI=1S/C36H21NOS/c1-4-11-29-24(8-1)25-9-2-5-12-30(25)37(29)31-13-7-15-34-36(31)27-18-16-23(21-35(27)39-34)22-17-19-33-28(20-22)26-10-3-6-14-32(26)38-33/h1-21H. The molecule has 0 atom stereocenters. The Hall–Kier alpha value is -4.86. The summed E-state index contributed by atoms with van der Waals surface area (Å²) in [4.78, 5) is 0. The van der Waals surface area contributed by atoms with Crippen molar-refractivity contribution in [3.05, 3.63) is 127 Å². The molecule has 9 aromatic rings. The number of hydrogen-bond donors (Lipinski definition) is 0. The minimum atomic E-state index is 0.929. The third kappa shape index (κ3) is 2.96.